The van der Waals surface area contributed by atoms with Gasteiger partial charge in [0.05, 0.1) is 0 Å². The second kappa shape index (κ2) is 8.44. The van der Waals surface area contributed by atoms with Crippen LogP contribution in [0, 0.1) is 11.5 Å². The van der Waals surface area contributed by atoms with Gasteiger partial charge in [0.15, 0.2) is 0 Å². The Balaban J connectivity index is 1.97. The van der Waals surface area contributed by atoms with Gasteiger partial charge in [-0.15, -0.1) is 5.54 Å². The Hall–Kier alpha value is -1.86. The molecule has 1 aromatic carbocycles. The normalized spacial score (nSPS) is 17.1. The van der Waals surface area contributed by atoms with Crippen LogP contribution in [0.5, 0.6) is 0 Å². The van der Waals surface area contributed by atoms with Gasteiger partial charge in [0, 0.05) is 37.4 Å². The van der Waals surface area contributed by atoms with Crippen LogP contribution in [0.15, 0.2) is 24.3 Å². The molecular weight excluding hydrogens is 382 g/mol. The molecule has 1 saturated heterocycles. The van der Waals surface area contributed by atoms with Gasteiger partial charge >= 0.3 is 5.97 Å². The molecule has 0 unspecified atom stereocenters. The number of piperazine rings is 1. The van der Waals surface area contributed by atoms with Gasteiger partial charge in [0.25, 0.3) is 10.2 Å². The van der Waals surface area contributed by atoms with Crippen LogP contribution >= 0.6 is 0 Å². The molecule has 9 heteroatoms. The van der Waals surface area contributed by atoms with E-state index < -0.39 is 30.3 Å². The molecule has 1 aromatic rings. The molecule has 2 rings (SSSR count). The maximum atomic E-state index is 12.3. The zero-order valence-corrected chi connectivity index (χ0v) is 18.0. The average molecular weight is 410 g/mol. The lowest BCUT2D eigenvalue weighted by Crippen LogP contribution is -2.54. The van der Waals surface area contributed by atoms with Crippen LogP contribution in [-0.2, 0) is 15.0 Å². The minimum atomic E-state index is -3.80. The molecule has 1 aliphatic heterocycles. The first-order chi connectivity index (χ1) is 12.5. The first-order valence-corrected chi connectivity index (χ1v) is 13.8. The molecule has 1 heterocycles. The number of nitrogens with one attached hydrogen (secondary N) is 1. The maximum absolute atomic E-state index is 12.3. The summed E-state index contributed by atoms with van der Waals surface area (Å²) in [4.78, 5) is 13.0. The number of aliphatic carboxylic acids is 1. The Morgan fingerprint density at radius 3 is 2.19 bits per heavy atom. The lowest BCUT2D eigenvalue weighted by atomic mass is 10.2. The Labute approximate surface area is 162 Å². The molecule has 0 spiro atoms. The highest BCUT2D eigenvalue weighted by Gasteiger charge is 2.29. The summed E-state index contributed by atoms with van der Waals surface area (Å²) in [7, 11) is -5.21. The van der Waals surface area contributed by atoms with Crippen LogP contribution < -0.4 is 9.62 Å². The van der Waals surface area contributed by atoms with E-state index in [1.807, 2.05) is 24.3 Å². The molecule has 0 aliphatic carbocycles. The zero-order chi connectivity index (χ0) is 20.2. The number of benzene rings is 1. The van der Waals surface area contributed by atoms with E-state index in [1.54, 1.807) is 0 Å². The van der Waals surface area contributed by atoms with E-state index in [0.29, 0.717) is 26.2 Å². The van der Waals surface area contributed by atoms with Gasteiger partial charge in [0.2, 0.25) is 0 Å². The number of rotatable bonds is 5. The van der Waals surface area contributed by atoms with Crippen LogP contribution in [0.4, 0.5) is 5.69 Å². The van der Waals surface area contributed by atoms with Crippen molar-refractivity contribution in [3.05, 3.63) is 29.8 Å². The topological polar surface area (TPSA) is 90.0 Å². The summed E-state index contributed by atoms with van der Waals surface area (Å²) in [6.07, 6.45) is 0. The number of carboxylic acid groups (broad SMARTS) is 1. The quantitative estimate of drug-likeness (QED) is 0.566. The molecule has 0 bridgehead atoms. The van der Waals surface area contributed by atoms with Gasteiger partial charge in [0.1, 0.15) is 14.1 Å². The molecule has 0 radical (unpaired) electrons. The summed E-state index contributed by atoms with van der Waals surface area (Å²) >= 11 is 0. The van der Waals surface area contributed by atoms with Crippen molar-refractivity contribution in [3.63, 3.8) is 0 Å². The van der Waals surface area contributed by atoms with E-state index in [9.17, 15) is 13.2 Å². The Morgan fingerprint density at radius 2 is 1.70 bits per heavy atom. The van der Waals surface area contributed by atoms with Gasteiger partial charge < -0.3 is 10.0 Å². The standard InChI is InChI=1S/C18H27N3O4SSi/c1-15(18(22)23)19-26(24,25)21-12-10-20(11-13-21)17-7-5-16(6-8-17)9-14-27(2,3)4/h5-8,15,19H,10-13H2,1-4H3,(H,22,23)/t15-/m1/s1. The summed E-state index contributed by atoms with van der Waals surface area (Å²) in [5, 5.41) is 8.88. The Bertz CT molecular complexity index is 830. The second-order valence-electron chi connectivity index (χ2n) is 7.62. The number of carbonyl (C=O) groups is 1. The molecule has 2 N–H and O–H groups in total. The molecule has 1 fully saturated rings. The second-order valence-corrected chi connectivity index (χ2v) is 14.1. The van der Waals surface area contributed by atoms with Gasteiger partial charge in [-0.05, 0) is 31.2 Å². The van der Waals surface area contributed by atoms with Gasteiger partial charge in [-0.25, -0.2) is 0 Å². The third kappa shape index (κ3) is 6.36. The summed E-state index contributed by atoms with van der Waals surface area (Å²) in [6.45, 7) is 9.61. The highest BCUT2D eigenvalue weighted by molar-refractivity contribution is 7.87. The molecule has 0 amide bonds. The molecular formula is C18H27N3O4SSi. The Kier molecular flexibility index (Phi) is 6.70. The zero-order valence-electron chi connectivity index (χ0n) is 16.2. The summed E-state index contributed by atoms with van der Waals surface area (Å²) in [5.41, 5.74) is 5.34. The fraction of sp³-hybridized carbons (Fsp3) is 0.500. The van der Waals surface area contributed by atoms with Crippen LogP contribution in [0.3, 0.4) is 0 Å². The molecule has 7 nitrogen and oxygen atoms in total. The minimum absolute atomic E-state index is 0.304. The lowest BCUT2D eigenvalue weighted by molar-refractivity contribution is -0.138. The highest BCUT2D eigenvalue weighted by atomic mass is 32.2. The number of anilines is 1. The lowest BCUT2D eigenvalue weighted by Gasteiger charge is -2.35. The van der Waals surface area contributed by atoms with E-state index in [4.69, 9.17) is 5.11 Å². The molecule has 0 aromatic heterocycles. The number of hydrogen-bond donors (Lipinski definition) is 2. The van der Waals surface area contributed by atoms with Crippen LogP contribution in [0.1, 0.15) is 12.5 Å². The van der Waals surface area contributed by atoms with Crippen molar-refractivity contribution in [2.45, 2.75) is 32.6 Å². The van der Waals surface area contributed by atoms with Gasteiger partial charge in [-0.2, -0.15) is 17.4 Å². The maximum Gasteiger partial charge on any atom is 0.321 e. The van der Waals surface area contributed by atoms with Crippen molar-refractivity contribution in [3.8, 4) is 11.5 Å². The Morgan fingerprint density at radius 1 is 1.15 bits per heavy atom. The van der Waals surface area contributed by atoms with Crippen molar-refractivity contribution >= 4 is 29.9 Å². The summed E-state index contributed by atoms with van der Waals surface area (Å²) in [6, 6.07) is 6.83. The number of hydrogen-bond acceptors (Lipinski definition) is 4. The van der Waals surface area contributed by atoms with E-state index in [2.05, 4.69) is 40.7 Å². The number of nitrogens with zero attached hydrogens (tertiary/aromatic N) is 2. The molecule has 0 saturated carbocycles. The largest absolute Gasteiger partial charge is 0.480 e. The predicted octanol–water partition coefficient (Wildman–Crippen LogP) is 1.34. The summed E-state index contributed by atoms with van der Waals surface area (Å²) in [5.74, 6) is 2.02. The summed E-state index contributed by atoms with van der Waals surface area (Å²) < 4.78 is 28.0. The van der Waals surface area contributed by atoms with Crippen molar-refractivity contribution in [1.29, 1.82) is 0 Å². The van der Waals surface area contributed by atoms with Crippen LogP contribution in [0.25, 0.3) is 0 Å². The molecule has 148 valence electrons. The van der Waals surface area contributed by atoms with Crippen molar-refractivity contribution in [1.82, 2.24) is 9.03 Å². The first-order valence-electron chi connectivity index (χ1n) is 8.86. The van der Waals surface area contributed by atoms with E-state index in [1.165, 1.54) is 11.2 Å². The molecule has 1 atom stereocenters. The van der Waals surface area contributed by atoms with Crippen molar-refractivity contribution in [2.24, 2.45) is 0 Å². The third-order valence-corrected chi connectivity index (χ3v) is 6.66. The first kappa shape index (κ1) is 21.4. The predicted molar refractivity (Wildman–Crippen MR) is 110 cm³/mol. The third-order valence-electron chi connectivity index (χ3n) is 4.09. The van der Waals surface area contributed by atoms with Crippen LogP contribution in [-0.4, -0.2) is 64.1 Å². The fourth-order valence-corrected chi connectivity index (χ4v) is 4.41. The van der Waals surface area contributed by atoms with E-state index >= 15 is 0 Å². The van der Waals surface area contributed by atoms with Crippen molar-refractivity contribution < 1.29 is 18.3 Å². The van der Waals surface area contributed by atoms with Crippen molar-refractivity contribution in [2.75, 3.05) is 31.1 Å². The van der Waals surface area contributed by atoms with E-state index in [0.717, 1.165) is 11.3 Å². The van der Waals surface area contributed by atoms with Gasteiger partial charge in [-0.3, -0.25) is 4.79 Å². The molecule has 27 heavy (non-hydrogen) atoms. The minimum Gasteiger partial charge on any atom is -0.480 e. The monoisotopic (exact) mass is 409 g/mol. The smallest absolute Gasteiger partial charge is 0.321 e. The molecule has 1 aliphatic rings. The van der Waals surface area contributed by atoms with Gasteiger partial charge in [-0.1, -0.05) is 25.6 Å². The number of carboxylic acids is 1. The average Bonchev–Trinajstić information content (AvgIpc) is 2.59. The highest BCUT2D eigenvalue weighted by Crippen LogP contribution is 2.18. The van der Waals surface area contributed by atoms with E-state index in [-0.39, 0.29) is 0 Å². The SMILES string of the molecule is C[C@@H](NS(=O)(=O)N1CCN(c2ccc(C#C[Si](C)(C)C)cc2)CC1)C(=O)O. The van der Waals surface area contributed by atoms with Crippen LogP contribution in [0.2, 0.25) is 19.6 Å². The fourth-order valence-electron chi connectivity index (χ4n) is 2.55.